The first-order valence-electron chi connectivity index (χ1n) is 10.6. The van der Waals surface area contributed by atoms with Crippen LogP contribution in [0.25, 0.3) is 10.9 Å². The standard InChI is InChI=1S/C24H27N3O6S/c1-13(2)18(26-23(31)33-24(3,4)5)21(29)27-11-15(14-9-7-8-10-17(14)27)19(28)20-25-16(12-34-20)22(30)32-6/h7-13,18H,1-6H3,(H,26,31)/t18-/m0/s1. The Morgan fingerprint density at radius 2 is 1.79 bits per heavy atom. The van der Waals surface area contributed by atoms with Crippen molar-refractivity contribution in [2.75, 3.05) is 7.11 Å². The van der Waals surface area contributed by atoms with Gasteiger partial charge in [0.15, 0.2) is 10.7 Å². The molecular formula is C24H27N3O6S. The van der Waals surface area contributed by atoms with E-state index in [1.54, 1.807) is 45.0 Å². The van der Waals surface area contributed by atoms with E-state index in [2.05, 4.69) is 15.0 Å². The van der Waals surface area contributed by atoms with Gasteiger partial charge in [-0.3, -0.25) is 14.2 Å². The maximum Gasteiger partial charge on any atom is 0.408 e. The average molecular weight is 486 g/mol. The van der Waals surface area contributed by atoms with Crippen LogP contribution in [0.4, 0.5) is 4.79 Å². The zero-order chi connectivity index (χ0) is 25.2. The second-order valence-corrected chi connectivity index (χ2v) is 9.85. The minimum Gasteiger partial charge on any atom is -0.464 e. The van der Waals surface area contributed by atoms with E-state index in [0.29, 0.717) is 10.9 Å². The molecule has 34 heavy (non-hydrogen) atoms. The van der Waals surface area contributed by atoms with E-state index in [1.165, 1.54) is 23.3 Å². The molecule has 1 aromatic carbocycles. The molecule has 0 unspecified atom stereocenters. The van der Waals surface area contributed by atoms with Crippen molar-refractivity contribution < 1.29 is 28.7 Å². The lowest BCUT2D eigenvalue weighted by Gasteiger charge is -2.25. The van der Waals surface area contributed by atoms with E-state index in [9.17, 15) is 19.2 Å². The predicted octanol–water partition coefficient (Wildman–Crippen LogP) is 4.30. The van der Waals surface area contributed by atoms with Crippen LogP contribution in [-0.4, -0.2) is 52.1 Å². The Morgan fingerprint density at radius 1 is 1.12 bits per heavy atom. The number of nitrogens with zero attached hydrogens (tertiary/aromatic N) is 2. The maximum atomic E-state index is 13.5. The number of hydrogen-bond acceptors (Lipinski definition) is 8. The maximum absolute atomic E-state index is 13.5. The third-order valence-electron chi connectivity index (χ3n) is 4.89. The summed E-state index contributed by atoms with van der Waals surface area (Å²) in [5, 5.41) is 4.75. The van der Waals surface area contributed by atoms with Crippen molar-refractivity contribution in [3.8, 4) is 0 Å². The monoisotopic (exact) mass is 485 g/mol. The van der Waals surface area contributed by atoms with Crippen molar-refractivity contribution in [1.29, 1.82) is 0 Å². The van der Waals surface area contributed by atoms with E-state index >= 15 is 0 Å². The summed E-state index contributed by atoms with van der Waals surface area (Å²) in [6.45, 7) is 8.82. The van der Waals surface area contributed by atoms with Gasteiger partial charge in [-0.05, 0) is 32.8 Å². The largest absolute Gasteiger partial charge is 0.464 e. The number of aromatic nitrogens is 2. The SMILES string of the molecule is COC(=O)c1csc(C(=O)c2cn(C(=O)[C@@H](NC(=O)OC(C)(C)C)C(C)C)c3ccccc23)n1. The van der Waals surface area contributed by atoms with Gasteiger partial charge >= 0.3 is 12.1 Å². The first-order chi connectivity index (χ1) is 15.9. The van der Waals surface area contributed by atoms with Crippen LogP contribution in [0.1, 0.15) is 65.3 Å². The molecule has 0 bridgehead atoms. The quantitative estimate of drug-likeness (QED) is 0.408. The average Bonchev–Trinajstić information content (AvgIpc) is 3.40. The minimum absolute atomic E-state index is 0.0390. The number of amides is 1. The number of ketones is 1. The van der Waals surface area contributed by atoms with E-state index in [1.807, 2.05) is 13.8 Å². The second-order valence-electron chi connectivity index (χ2n) is 8.99. The predicted molar refractivity (Wildman–Crippen MR) is 127 cm³/mol. The first kappa shape index (κ1) is 25.1. The number of nitrogens with one attached hydrogen (secondary N) is 1. The number of fused-ring (bicyclic) bond motifs is 1. The lowest BCUT2D eigenvalue weighted by Crippen LogP contribution is -2.48. The Kier molecular flexibility index (Phi) is 7.21. The van der Waals surface area contributed by atoms with Crippen LogP contribution in [0, 0.1) is 5.92 Å². The summed E-state index contributed by atoms with van der Waals surface area (Å²) in [4.78, 5) is 54.9. The van der Waals surface area contributed by atoms with E-state index in [-0.39, 0.29) is 22.2 Å². The number of para-hydroxylation sites is 1. The van der Waals surface area contributed by atoms with Crippen molar-refractivity contribution in [1.82, 2.24) is 14.9 Å². The van der Waals surface area contributed by atoms with E-state index in [4.69, 9.17) is 4.74 Å². The van der Waals surface area contributed by atoms with Crippen molar-refractivity contribution in [2.45, 2.75) is 46.3 Å². The Morgan fingerprint density at radius 3 is 2.41 bits per heavy atom. The molecule has 2 aromatic heterocycles. The minimum atomic E-state index is -0.889. The lowest BCUT2D eigenvalue weighted by atomic mass is 10.0. The second kappa shape index (κ2) is 9.76. The number of thiazole rings is 1. The molecule has 0 aliphatic carbocycles. The number of esters is 1. The Labute approximate surface area is 201 Å². The van der Waals surface area contributed by atoms with Crippen molar-refractivity contribution in [2.24, 2.45) is 5.92 Å². The molecule has 0 saturated heterocycles. The number of methoxy groups -OCH3 is 1. The Balaban J connectivity index is 1.99. The third kappa shape index (κ3) is 5.33. The Hall–Kier alpha value is -3.53. The Bertz CT molecular complexity index is 1250. The summed E-state index contributed by atoms with van der Waals surface area (Å²) >= 11 is 1.02. The van der Waals surface area contributed by atoms with Gasteiger partial charge in [-0.1, -0.05) is 32.0 Å². The highest BCUT2D eigenvalue weighted by Gasteiger charge is 2.30. The molecule has 1 N–H and O–H groups in total. The van der Waals surface area contributed by atoms with E-state index in [0.717, 1.165) is 11.3 Å². The van der Waals surface area contributed by atoms with Crippen LogP contribution in [0.5, 0.6) is 0 Å². The van der Waals surface area contributed by atoms with Crippen LogP contribution in [0.3, 0.4) is 0 Å². The molecule has 2 heterocycles. The molecule has 3 rings (SSSR count). The topological polar surface area (TPSA) is 117 Å². The smallest absolute Gasteiger partial charge is 0.408 e. The number of benzene rings is 1. The van der Waals surface area contributed by atoms with Crippen LogP contribution in [-0.2, 0) is 9.47 Å². The summed E-state index contributed by atoms with van der Waals surface area (Å²) in [7, 11) is 1.23. The van der Waals surface area contributed by atoms with Crippen molar-refractivity contribution in [3.05, 3.63) is 52.1 Å². The van der Waals surface area contributed by atoms with Crippen LogP contribution >= 0.6 is 11.3 Å². The van der Waals surface area contributed by atoms with Crippen molar-refractivity contribution >= 4 is 46.0 Å². The highest BCUT2D eigenvalue weighted by Crippen LogP contribution is 2.26. The highest BCUT2D eigenvalue weighted by molar-refractivity contribution is 7.12. The zero-order valence-corrected chi connectivity index (χ0v) is 20.7. The van der Waals surface area contributed by atoms with Gasteiger partial charge in [0.05, 0.1) is 18.2 Å². The number of rotatable bonds is 6. The molecule has 1 atom stereocenters. The van der Waals surface area contributed by atoms with Gasteiger partial charge in [0.1, 0.15) is 11.6 Å². The molecule has 0 fully saturated rings. The number of carbonyl (C=O) groups excluding carboxylic acids is 4. The van der Waals surface area contributed by atoms with Gasteiger partial charge in [-0.2, -0.15) is 0 Å². The fraction of sp³-hybridized carbons (Fsp3) is 0.375. The van der Waals surface area contributed by atoms with Gasteiger partial charge in [-0.25, -0.2) is 14.6 Å². The fourth-order valence-electron chi connectivity index (χ4n) is 3.33. The molecule has 1 amide bonds. The summed E-state index contributed by atoms with van der Waals surface area (Å²) in [6, 6.07) is 6.07. The molecule has 0 aliphatic heterocycles. The molecule has 180 valence electrons. The van der Waals surface area contributed by atoms with Gasteiger partial charge < -0.3 is 14.8 Å². The zero-order valence-electron chi connectivity index (χ0n) is 19.9. The molecule has 3 aromatic rings. The van der Waals surface area contributed by atoms with Crippen LogP contribution in [0.2, 0.25) is 0 Å². The molecule has 0 saturated carbocycles. The summed E-state index contributed by atoms with van der Waals surface area (Å²) < 4.78 is 11.3. The normalized spacial score (nSPS) is 12.4. The fourth-order valence-corrected chi connectivity index (χ4v) is 4.07. The molecule has 9 nitrogen and oxygen atoms in total. The molecular weight excluding hydrogens is 458 g/mol. The summed E-state index contributed by atoms with van der Waals surface area (Å²) in [5.74, 6) is -1.72. The molecule has 0 aliphatic rings. The number of alkyl carbamates (subject to hydrolysis) is 1. The third-order valence-corrected chi connectivity index (χ3v) is 5.73. The van der Waals surface area contributed by atoms with Crippen LogP contribution in [0.15, 0.2) is 35.8 Å². The molecule has 0 radical (unpaired) electrons. The number of carbonyl (C=O) groups is 4. The number of hydrogen-bond donors (Lipinski definition) is 1. The summed E-state index contributed by atoms with van der Waals surface area (Å²) in [6.07, 6.45) is 0.742. The lowest BCUT2D eigenvalue weighted by molar-refractivity contribution is 0.0464. The van der Waals surface area contributed by atoms with E-state index < -0.39 is 35.4 Å². The summed E-state index contributed by atoms with van der Waals surface area (Å²) in [5.41, 5.74) is 0.0920. The number of ether oxygens (including phenoxy) is 2. The van der Waals surface area contributed by atoms with Gasteiger partial charge in [-0.15, -0.1) is 11.3 Å². The van der Waals surface area contributed by atoms with Gasteiger partial charge in [0.2, 0.25) is 5.78 Å². The molecule has 10 heteroatoms. The van der Waals surface area contributed by atoms with Crippen LogP contribution < -0.4 is 5.32 Å². The molecule has 0 spiro atoms. The van der Waals surface area contributed by atoms with Gasteiger partial charge in [0, 0.05) is 17.0 Å². The highest BCUT2D eigenvalue weighted by atomic mass is 32.1. The van der Waals surface area contributed by atoms with Crippen molar-refractivity contribution in [3.63, 3.8) is 0 Å². The first-order valence-corrected chi connectivity index (χ1v) is 11.5. The van der Waals surface area contributed by atoms with Gasteiger partial charge in [0.25, 0.3) is 5.91 Å².